The number of aryl methyl sites for hydroxylation is 1. The highest BCUT2D eigenvalue weighted by Gasteiger charge is 2.32. The maximum atomic E-state index is 12.4. The zero-order valence-electron chi connectivity index (χ0n) is 13.2. The molecule has 3 nitrogen and oxygen atoms in total. The first-order valence-corrected chi connectivity index (χ1v) is 8.85. The Balaban J connectivity index is 2.99. The molecule has 0 bridgehead atoms. The zero-order valence-corrected chi connectivity index (χ0v) is 14.0. The Morgan fingerprint density at radius 2 is 1.70 bits per heavy atom. The van der Waals surface area contributed by atoms with Crippen molar-refractivity contribution >= 4 is 9.84 Å². The molecule has 1 rings (SSSR count). The molecule has 0 radical (unpaired) electrons. The van der Waals surface area contributed by atoms with Crippen molar-refractivity contribution in [3.05, 3.63) is 35.4 Å². The van der Waals surface area contributed by atoms with E-state index in [0.717, 1.165) is 18.5 Å². The second-order valence-corrected chi connectivity index (χ2v) is 9.10. The Morgan fingerprint density at radius 1 is 1.15 bits per heavy atom. The van der Waals surface area contributed by atoms with Crippen LogP contribution in [0.2, 0.25) is 0 Å². The highest BCUT2D eigenvalue weighted by Crippen LogP contribution is 2.23. The van der Waals surface area contributed by atoms with Gasteiger partial charge >= 0.3 is 0 Å². The summed E-state index contributed by atoms with van der Waals surface area (Å²) in [6, 6.07) is 7.95. The number of benzene rings is 1. The van der Waals surface area contributed by atoms with Gasteiger partial charge in [0.25, 0.3) is 0 Å². The van der Waals surface area contributed by atoms with Gasteiger partial charge in [-0.05, 0) is 46.2 Å². The molecule has 0 saturated carbocycles. The van der Waals surface area contributed by atoms with Crippen molar-refractivity contribution in [2.45, 2.75) is 51.8 Å². The zero-order chi connectivity index (χ0) is 15.4. The summed E-state index contributed by atoms with van der Waals surface area (Å²) in [6.07, 6.45) is 0.984. The molecule has 0 fully saturated rings. The molecule has 0 aromatic heterocycles. The summed E-state index contributed by atoms with van der Waals surface area (Å²) in [5.74, 6) is 0.138. The largest absolute Gasteiger partial charge is 0.309 e. The Labute approximate surface area is 123 Å². The minimum Gasteiger partial charge on any atom is -0.309 e. The van der Waals surface area contributed by atoms with Gasteiger partial charge in [-0.15, -0.1) is 0 Å². The molecular formula is C16H27NO2S. The Morgan fingerprint density at radius 3 is 2.15 bits per heavy atom. The van der Waals surface area contributed by atoms with E-state index in [2.05, 4.69) is 12.2 Å². The van der Waals surface area contributed by atoms with Gasteiger partial charge < -0.3 is 5.32 Å². The van der Waals surface area contributed by atoms with Gasteiger partial charge in [0, 0.05) is 6.04 Å². The minimum atomic E-state index is -3.15. The molecule has 0 saturated heterocycles. The first-order valence-electron chi connectivity index (χ1n) is 7.19. The van der Waals surface area contributed by atoms with Gasteiger partial charge in [-0.1, -0.05) is 36.8 Å². The quantitative estimate of drug-likeness (QED) is 0.876. The lowest BCUT2D eigenvalue weighted by atomic mass is 10.1. The van der Waals surface area contributed by atoms with Crippen LogP contribution < -0.4 is 5.32 Å². The molecule has 0 aliphatic carbocycles. The summed E-state index contributed by atoms with van der Waals surface area (Å²) in [5, 5.41) is 3.35. The van der Waals surface area contributed by atoms with Crippen molar-refractivity contribution in [2.75, 3.05) is 12.3 Å². The van der Waals surface area contributed by atoms with E-state index in [1.807, 2.05) is 31.2 Å². The fraction of sp³-hybridized carbons (Fsp3) is 0.625. The van der Waals surface area contributed by atoms with Crippen molar-refractivity contribution in [3.8, 4) is 0 Å². The van der Waals surface area contributed by atoms with Gasteiger partial charge in [0.05, 0.1) is 10.5 Å². The number of sulfone groups is 1. The molecule has 0 heterocycles. The fourth-order valence-corrected chi connectivity index (χ4v) is 3.11. The van der Waals surface area contributed by atoms with Crippen LogP contribution in [0.3, 0.4) is 0 Å². The van der Waals surface area contributed by atoms with Gasteiger partial charge in [-0.25, -0.2) is 8.42 Å². The molecule has 4 heteroatoms. The van der Waals surface area contributed by atoms with Crippen molar-refractivity contribution in [2.24, 2.45) is 0 Å². The number of nitrogens with one attached hydrogen (secondary N) is 1. The molecule has 0 amide bonds. The standard InChI is InChI=1S/C16H27NO2S/c1-6-11-17-15(12-20(18,19)16(3,4)5)14-9-7-13(2)8-10-14/h7-10,15,17H,6,11-12H2,1-5H3. The van der Waals surface area contributed by atoms with Crippen LogP contribution in [0.1, 0.15) is 51.3 Å². The average Bonchev–Trinajstić information content (AvgIpc) is 2.34. The van der Waals surface area contributed by atoms with E-state index in [9.17, 15) is 8.42 Å². The number of rotatable bonds is 6. The summed E-state index contributed by atoms with van der Waals surface area (Å²) >= 11 is 0. The van der Waals surface area contributed by atoms with Crippen molar-refractivity contribution in [3.63, 3.8) is 0 Å². The van der Waals surface area contributed by atoms with Crippen molar-refractivity contribution < 1.29 is 8.42 Å². The molecule has 20 heavy (non-hydrogen) atoms. The SMILES string of the molecule is CCCNC(CS(=O)(=O)C(C)(C)C)c1ccc(C)cc1. The fourth-order valence-electron chi connectivity index (χ4n) is 1.86. The van der Waals surface area contributed by atoms with E-state index in [-0.39, 0.29) is 11.8 Å². The lowest BCUT2D eigenvalue weighted by Gasteiger charge is -2.25. The van der Waals surface area contributed by atoms with Crippen LogP contribution in [0.4, 0.5) is 0 Å². The molecule has 1 atom stereocenters. The first kappa shape index (κ1) is 17.2. The van der Waals surface area contributed by atoms with E-state index < -0.39 is 14.6 Å². The smallest absolute Gasteiger partial charge is 0.157 e. The molecule has 1 unspecified atom stereocenters. The Kier molecular flexibility index (Phi) is 5.78. The summed E-state index contributed by atoms with van der Waals surface area (Å²) in [4.78, 5) is 0. The second-order valence-electron chi connectivity index (χ2n) is 6.31. The molecule has 1 aromatic carbocycles. The van der Waals surface area contributed by atoms with Gasteiger partial charge in [0.1, 0.15) is 0 Å². The van der Waals surface area contributed by atoms with E-state index in [1.54, 1.807) is 20.8 Å². The van der Waals surface area contributed by atoms with Crippen LogP contribution in [-0.4, -0.2) is 25.5 Å². The van der Waals surface area contributed by atoms with Gasteiger partial charge in [-0.2, -0.15) is 0 Å². The monoisotopic (exact) mass is 297 g/mol. The van der Waals surface area contributed by atoms with Crippen LogP contribution in [0.25, 0.3) is 0 Å². The molecule has 0 aliphatic rings. The topological polar surface area (TPSA) is 46.2 Å². The van der Waals surface area contributed by atoms with Gasteiger partial charge in [-0.3, -0.25) is 0 Å². The normalized spacial score (nSPS) is 14.2. The van der Waals surface area contributed by atoms with Crippen molar-refractivity contribution in [1.82, 2.24) is 5.32 Å². The molecule has 1 N–H and O–H groups in total. The maximum absolute atomic E-state index is 12.4. The molecule has 114 valence electrons. The third kappa shape index (κ3) is 4.60. The first-order chi connectivity index (χ1) is 9.17. The summed E-state index contributed by atoms with van der Waals surface area (Å²) in [6.45, 7) is 10.2. The van der Waals surface area contributed by atoms with E-state index >= 15 is 0 Å². The highest BCUT2D eigenvalue weighted by molar-refractivity contribution is 7.92. The van der Waals surface area contributed by atoms with Crippen LogP contribution in [0.5, 0.6) is 0 Å². The van der Waals surface area contributed by atoms with Gasteiger partial charge in [0.2, 0.25) is 0 Å². The van der Waals surface area contributed by atoms with Crippen LogP contribution >= 0.6 is 0 Å². The van der Waals surface area contributed by atoms with Gasteiger partial charge in [0.15, 0.2) is 9.84 Å². The van der Waals surface area contributed by atoms with Crippen LogP contribution in [-0.2, 0) is 9.84 Å². The predicted molar refractivity (Wildman–Crippen MR) is 85.8 cm³/mol. The van der Waals surface area contributed by atoms with Crippen molar-refractivity contribution in [1.29, 1.82) is 0 Å². The Bertz CT molecular complexity index is 512. The molecule has 0 aliphatic heterocycles. The summed E-state index contributed by atoms with van der Waals surface area (Å²) in [5.41, 5.74) is 2.22. The highest BCUT2D eigenvalue weighted by atomic mass is 32.2. The van der Waals surface area contributed by atoms with E-state index in [1.165, 1.54) is 5.56 Å². The van der Waals surface area contributed by atoms with Crippen LogP contribution in [0, 0.1) is 6.92 Å². The lowest BCUT2D eigenvalue weighted by molar-refractivity contribution is 0.526. The predicted octanol–water partition coefficient (Wildman–Crippen LogP) is 3.25. The average molecular weight is 297 g/mol. The minimum absolute atomic E-state index is 0.138. The Hall–Kier alpha value is -0.870. The third-order valence-electron chi connectivity index (χ3n) is 3.44. The second kappa shape index (κ2) is 6.72. The molecular weight excluding hydrogens is 270 g/mol. The summed E-state index contributed by atoms with van der Waals surface area (Å²) < 4.78 is 24.1. The van der Waals surface area contributed by atoms with Crippen LogP contribution in [0.15, 0.2) is 24.3 Å². The molecule has 1 aromatic rings. The lowest BCUT2D eigenvalue weighted by Crippen LogP contribution is -2.37. The number of hydrogen-bond acceptors (Lipinski definition) is 3. The molecule has 0 spiro atoms. The maximum Gasteiger partial charge on any atom is 0.157 e. The third-order valence-corrected chi connectivity index (χ3v) is 6.08. The van der Waals surface area contributed by atoms with E-state index in [0.29, 0.717) is 0 Å². The number of hydrogen-bond donors (Lipinski definition) is 1. The summed E-state index contributed by atoms with van der Waals surface area (Å²) in [7, 11) is -3.15. The van der Waals surface area contributed by atoms with E-state index in [4.69, 9.17) is 0 Å².